The van der Waals surface area contributed by atoms with Crippen molar-refractivity contribution in [2.24, 2.45) is 5.41 Å². The molecule has 0 aromatic rings. The van der Waals surface area contributed by atoms with Crippen LogP contribution in [-0.4, -0.2) is 40.7 Å². The Labute approximate surface area is 125 Å². The third-order valence-electron chi connectivity index (χ3n) is 4.40. The van der Waals surface area contributed by atoms with Crippen molar-refractivity contribution < 1.29 is 18.6 Å². The van der Waals surface area contributed by atoms with Gasteiger partial charge in [-0.25, -0.2) is 0 Å². The van der Waals surface area contributed by atoms with Crippen molar-refractivity contribution in [3.8, 4) is 0 Å². The Hall–Kier alpha value is -1.07. The second-order valence-corrected chi connectivity index (χ2v) is 6.18. The van der Waals surface area contributed by atoms with Gasteiger partial charge in [-0.15, -0.1) is 0 Å². The molecule has 2 saturated heterocycles. The molecule has 0 amide bonds. The van der Waals surface area contributed by atoms with E-state index in [9.17, 15) is 0 Å². The van der Waals surface area contributed by atoms with E-state index in [4.69, 9.17) is 18.6 Å². The summed E-state index contributed by atoms with van der Waals surface area (Å²) in [5.74, 6) is 0.462. The monoisotopic (exact) mass is 284 g/mol. The molecule has 0 aromatic heterocycles. The van der Waals surface area contributed by atoms with Crippen LogP contribution in [0.15, 0.2) is 48.6 Å². The molecule has 0 saturated carbocycles. The van der Waals surface area contributed by atoms with Crippen LogP contribution in [-0.2, 0) is 18.6 Å². The molecule has 0 N–H and O–H groups in total. The fourth-order valence-electron chi connectivity index (χ4n) is 3.09. The largest absolute Gasteiger partial charge is 0.468 e. The summed E-state index contributed by atoms with van der Waals surface area (Å²) in [6.07, 6.45) is 16.5. The van der Waals surface area contributed by atoms with E-state index < -0.39 is 0 Å². The Morgan fingerprint density at radius 2 is 0.952 bits per heavy atom. The lowest BCUT2D eigenvalue weighted by atomic mass is 9.68. The Morgan fingerprint density at radius 1 is 0.619 bits per heavy atom. The van der Waals surface area contributed by atoms with Gasteiger partial charge in [-0.3, -0.25) is 0 Å². The molecular weight excluding hydrogens is 266 g/mol. The normalized spacial score (nSPS) is 28.4. The van der Waals surface area contributed by atoms with Crippen LogP contribution >= 0.6 is 0 Å². The highest BCUT2D eigenvalue weighted by Crippen LogP contribution is 2.35. The molecule has 108 valence electrons. The van der Waals surface area contributed by atoms with Crippen LogP contribution in [0.1, 0.15) is 0 Å². The molecule has 0 radical (unpaired) electrons. The molecule has 0 bridgehead atoms. The molecule has 4 nitrogen and oxygen atoms in total. The number of hydrogen-bond acceptors (Lipinski definition) is 4. The van der Waals surface area contributed by atoms with Gasteiger partial charge in [-0.1, -0.05) is 48.6 Å². The summed E-state index contributed by atoms with van der Waals surface area (Å²) in [4.78, 5) is 0. The molecule has 21 heavy (non-hydrogen) atoms. The molecule has 0 atom stereocenters. The topological polar surface area (TPSA) is 36.9 Å². The average molecular weight is 284 g/mol. The van der Waals surface area contributed by atoms with Gasteiger partial charge >= 0.3 is 14.2 Å². The second-order valence-electron chi connectivity index (χ2n) is 6.18. The van der Waals surface area contributed by atoms with Crippen LogP contribution in [0.2, 0.25) is 11.6 Å². The average Bonchev–Trinajstić information content (AvgIpc) is 3.23. The minimum absolute atomic E-state index is 0.162. The summed E-state index contributed by atoms with van der Waals surface area (Å²) in [5, 5.41) is 0. The van der Waals surface area contributed by atoms with Crippen molar-refractivity contribution in [2.75, 3.05) is 26.4 Å². The highest BCUT2D eigenvalue weighted by molar-refractivity contribution is 6.49. The van der Waals surface area contributed by atoms with Gasteiger partial charge in [0.15, 0.2) is 0 Å². The lowest BCUT2D eigenvalue weighted by molar-refractivity contribution is -0.0845. The Kier molecular flexibility index (Phi) is 3.63. The molecule has 2 aliphatic heterocycles. The molecule has 0 unspecified atom stereocenters. The maximum Gasteiger partial charge on any atom is 0.468 e. The smallest absolute Gasteiger partial charge is 0.410 e. The summed E-state index contributed by atoms with van der Waals surface area (Å²) in [5.41, 5.74) is -0.162. The first-order valence-electron chi connectivity index (χ1n) is 7.51. The van der Waals surface area contributed by atoms with Crippen LogP contribution in [0.4, 0.5) is 0 Å². The van der Waals surface area contributed by atoms with Gasteiger partial charge in [0.2, 0.25) is 0 Å². The predicted octanol–water partition coefficient (Wildman–Crippen LogP) is 2.04. The lowest BCUT2D eigenvalue weighted by Crippen LogP contribution is -2.55. The molecule has 2 heterocycles. The first kappa shape index (κ1) is 13.6. The van der Waals surface area contributed by atoms with E-state index in [1.54, 1.807) is 0 Å². The molecule has 2 aliphatic carbocycles. The molecule has 0 aromatic carbocycles. The lowest BCUT2D eigenvalue weighted by Gasteiger charge is -2.43. The van der Waals surface area contributed by atoms with Gasteiger partial charge in [0.25, 0.3) is 0 Å². The molecule has 2 fully saturated rings. The minimum atomic E-state index is -0.177. The zero-order chi connectivity index (χ0) is 14.1. The van der Waals surface area contributed by atoms with Crippen molar-refractivity contribution in [2.45, 2.75) is 11.6 Å². The summed E-state index contributed by atoms with van der Waals surface area (Å²) < 4.78 is 23.6. The van der Waals surface area contributed by atoms with Crippen LogP contribution in [0.5, 0.6) is 0 Å². The van der Waals surface area contributed by atoms with Crippen LogP contribution < -0.4 is 0 Å². The predicted molar refractivity (Wildman–Crippen MR) is 81.8 cm³/mol. The number of hydrogen-bond donors (Lipinski definition) is 0. The Balaban J connectivity index is 1.31. The molecule has 4 rings (SSSR count). The highest BCUT2D eigenvalue weighted by Gasteiger charge is 2.46. The quantitative estimate of drug-likeness (QED) is 0.727. The number of allylic oxidation sites excluding steroid dienone is 8. The van der Waals surface area contributed by atoms with Gasteiger partial charge < -0.3 is 18.6 Å². The summed E-state index contributed by atoms with van der Waals surface area (Å²) in [7, 11) is -0.354. The Bertz CT molecular complexity index is 424. The summed E-state index contributed by atoms with van der Waals surface area (Å²) in [6, 6.07) is 0. The van der Waals surface area contributed by atoms with Gasteiger partial charge in [0.1, 0.15) is 0 Å². The van der Waals surface area contributed by atoms with Crippen molar-refractivity contribution >= 4 is 14.2 Å². The number of rotatable bonds is 2. The SMILES string of the molecule is C1=CC(B2OCC3(CO2)COB(C2C=CC=C2)OC3)C=C1. The van der Waals surface area contributed by atoms with Crippen molar-refractivity contribution in [1.82, 2.24) is 0 Å². The van der Waals surface area contributed by atoms with E-state index >= 15 is 0 Å². The first-order chi connectivity index (χ1) is 10.3. The Morgan fingerprint density at radius 3 is 1.29 bits per heavy atom. The maximum absolute atomic E-state index is 5.90. The highest BCUT2D eigenvalue weighted by atomic mass is 16.6. The summed E-state index contributed by atoms with van der Waals surface area (Å²) >= 11 is 0. The summed E-state index contributed by atoms with van der Waals surface area (Å²) in [6.45, 7) is 2.50. The van der Waals surface area contributed by atoms with E-state index in [2.05, 4.69) is 24.3 Å². The minimum Gasteiger partial charge on any atom is -0.410 e. The van der Waals surface area contributed by atoms with E-state index in [0.29, 0.717) is 26.4 Å². The van der Waals surface area contributed by atoms with E-state index in [-0.39, 0.29) is 31.3 Å². The van der Waals surface area contributed by atoms with Crippen molar-refractivity contribution in [3.05, 3.63) is 48.6 Å². The third kappa shape index (κ3) is 2.69. The molecule has 1 spiro atoms. The zero-order valence-electron chi connectivity index (χ0n) is 11.9. The van der Waals surface area contributed by atoms with Crippen molar-refractivity contribution in [1.29, 1.82) is 0 Å². The maximum atomic E-state index is 5.90. The second kappa shape index (κ2) is 5.61. The van der Waals surface area contributed by atoms with Crippen LogP contribution in [0.3, 0.4) is 0 Å². The molecule has 4 aliphatic rings. The van der Waals surface area contributed by atoms with E-state index in [1.807, 2.05) is 24.3 Å². The molecule has 6 heteroatoms. The third-order valence-corrected chi connectivity index (χ3v) is 4.40. The van der Waals surface area contributed by atoms with Crippen molar-refractivity contribution in [3.63, 3.8) is 0 Å². The molecular formula is C15H18B2O4. The van der Waals surface area contributed by atoms with E-state index in [0.717, 1.165) is 0 Å². The van der Waals surface area contributed by atoms with Crippen LogP contribution in [0, 0.1) is 5.41 Å². The standard InChI is InChI=1S/C15H18B2O4/c1-2-6-13(5-1)16-18-9-15(10-19-16)11-20-17(21-12-15)14-7-3-4-8-14/h1-8,13-14H,9-12H2. The fraction of sp³-hybridized carbons (Fsp3) is 0.467. The van der Waals surface area contributed by atoms with E-state index in [1.165, 1.54) is 0 Å². The van der Waals surface area contributed by atoms with Gasteiger partial charge in [-0.05, 0) is 0 Å². The van der Waals surface area contributed by atoms with Gasteiger partial charge in [0.05, 0.1) is 5.41 Å². The zero-order valence-corrected chi connectivity index (χ0v) is 11.9. The first-order valence-corrected chi connectivity index (χ1v) is 7.51. The van der Waals surface area contributed by atoms with Crippen LogP contribution in [0.25, 0.3) is 0 Å². The van der Waals surface area contributed by atoms with Gasteiger partial charge in [0, 0.05) is 38.1 Å². The fourth-order valence-corrected chi connectivity index (χ4v) is 3.09. The van der Waals surface area contributed by atoms with Gasteiger partial charge in [-0.2, -0.15) is 0 Å².